The topological polar surface area (TPSA) is 93.5 Å². The van der Waals surface area contributed by atoms with Crippen molar-refractivity contribution in [3.63, 3.8) is 0 Å². The zero-order chi connectivity index (χ0) is 20.5. The van der Waals surface area contributed by atoms with Gasteiger partial charge in [0.05, 0.1) is 17.9 Å². The predicted octanol–water partition coefficient (Wildman–Crippen LogP) is 1.61. The van der Waals surface area contributed by atoms with Crippen LogP contribution in [0.1, 0.15) is 31.2 Å². The van der Waals surface area contributed by atoms with E-state index in [-0.39, 0.29) is 12.6 Å². The van der Waals surface area contributed by atoms with Gasteiger partial charge in [-0.25, -0.2) is 18.4 Å². The van der Waals surface area contributed by atoms with E-state index >= 15 is 0 Å². The van der Waals surface area contributed by atoms with Crippen molar-refractivity contribution in [3.05, 3.63) is 23.8 Å². The number of ether oxygens (including phenoxy) is 1. The van der Waals surface area contributed by atoms with E-state index in [1.54, 1.807) is 30.9 Å². The molecule has 9 nitrogen and oxygen atoms in total. The highest BCUT2D eigenvalue weighted by molar-refractivity contribution is 7.89. The van der Waals surface area contributed by atoms with Crippen LogP contribution in [-0.2, 0) is 16.6 Å². The molecule has 0 amide bonds. The highest BCUT2D eigenvalue weighted by atomic mass is 32.2. The van der Waals surface area contributed by atoms with Crippen LogP contribution >= 0.6 is 0 Å². The smallest absolute Gasteiger partial charge is 0.257 e. The number of nitrogens with zero attached hydrogens (tertiary/aromatic N) is 6. The quantitative estimate of drug-likeness (QED) is 0.717. The Balaban J connectivity index is 1.83. The van der Waals surface area contributed by atoms with Crippen LogP contribution in [0.5, 0.6) is 5.88 Å². The molecule has 1 atom stereocenters. The van der Waals surface area contributed by atoms with Crippen LogP contribution in [0.3, 0.4) is 0 Å². The first kappa shape index (κ1) is 20.5. The van der Waals surface area contributed by atoms with Crippen LogP contribution in [0.4, 0.5) is 5.82 Å². The Morgan fingerprint density at radius 3 is 2.61 bits per heavy atom. The average Bonchev–Trinajstić information content (AvgIpc) is 2.96. The molecule has 0 spiro atoms. The van der Waals surface area contributed by atoms with Crippen LogP contribution in [-0.4, -0.2) is 65.8 Å². The number of rotatable bonds is 6. The largest absolute Gasteiger partial charge is 0.470 e. The summed E-state index contributed by atoms with van der Waals surface area (Å²) in [6.45, 7) is 6.88. The summed E-state index contributed by atoms with van der Waals surface area (Å²) in [5.41, 5.74) is 1.21. The minimum atomic E-state index is -3.64. The van der Waals surface area contributed by atoms with E-state index in [2.05, 4.69) is 15.1 Å². The molecule has 1 aliphatic heterocycles. The van der Waals surface area contributed by atoms with Crippen LogP contribution < -0.4 is 9.64 Å². The molecule has 2 aromatic rings. The Bertz CT molecular complexity index is 941. The third-order valence-corrected chi connectivity index (χ3v) is 7.02. The molecule has 28 heavy (non-hydrogen) atoms. The lowest BCUT2D eigenvalue weighted by atomic mass is 10.1. The summed E-state index contributed by atoms with van der Waals surface area (Å²) in [5.74, 6) is 1.04. The van der Waals surface area contributed by atoms with E-state index in [0.717, 1.165) is 12.8 Å². The van der Waals surface area contributed by atoms with Crippen molar-refractivity contribution in [1.29, 1.82) is 0 Å². The van der Waals surface area contributed by atoms with Gasteiger partial charge in [0.25, 0.3) is 5.88 Å². The number of sulfonamides is 1. The molecule has 0 saturated carbocycles. The fourth-order valence-electron chi connectivity index (χ4n) is 3.58. The molecule has 0 aromatic carbocycles. The van der Waals surface area contributed by atoms with Gasteiger partial charge < -0.3 is 9.64 Å². The van der Waals surface area contributed by atoms with Crippen LogP contribution in [0.15, 0.2) is 17.3 Å². The lowest BCUT2D eigenvalue weighted by Crippen LogP contribution is -2.44. The van der Waals surface area contributed by atoms with Crippen molar-refractivity contribution in [2.45, 2.75) is 51.2 Å². The maximum Gasteiger partial charge on any atom is 0.257 e. The molecular formula is C18H28N6O3S. The van der Waals surface area contributed by atoms with E-state index in [1.165, 1.54) is 4.31 Å². The molecule has 1 unspecified atom stereocenters. The molecule has 2 aromatic heterocycles. The van der Waals surface area contributed by atoms with Gasteiger partial charge in [-0.3, -0.25) is 4.68 Å². The first-order valence-electron chi connectivity index (χ1n) is 9.44. The Morgan fingerprint density at radius 2 is 1.96 bits per heavy atom. The Kier molecular flexibility index (Phi) is 5.90. The Hall–Kier alpha value is -2.20. The maximum atomic E-state index is 13.3. The molecule has 10 heteroatoms. The van der Waals surface area contributed by atoms with E-state index < -0.39 is 10.0 Å². The number of hydrogen-bond acceptors (Lipinski definition) is 7. The third-order valence-electron chi connectivity index (χ3n) is 4.90. The van der Waals surface area contributed by atoms with Gasteiger partial charge in [-0.05, 0) is 33.6 Å². The lowest BCUT2D eigenvalue weighted by molar-refractivity contribution is 0.125. The second-order valence-corrected chi connectivity index (χ2v) is 9.02. The summed E-state index contributed by atoms with van der Waals surface area (Å²) >= 11 is 0. The van der Waals surface area contributed by atoms with Crippen LogP contribution in [0.25, 0.3) is 0 Å². The first-order chi connectivity index (χ1) is 13.3. The predicted molar refractivity (Wildman–Crippen MR) is 106 cm³/mol. The van der Waals surface area contributed by atoms with Gasteiger partial charge >= 0.3 is 0 Å². The van der Waals surface area contributed by atoms with Crippen molar-refractivity contribution in [3.8, 4) is 5.88 Å². The van der Waals surface area contributed by atoms with Gasteiger partial charge in [-0.15, -0.1) is 0 Å². The fourth-order valence-corrected chi connectivity index (χ4v) is 5.46. The first-order valence-corrected chi connectivity index (χ1v) is 10.9. The molecule has 3 heterocycles. The summed E-state index contributed by atoms with van der Waals surface area (Å²) < 4.78 is 35.9. The second kappa shape index (κ2) is 8.04. The number of aryl methyl sites for hydroxylation is 2. The second-order valence-electron chi connectivity index (χ2n) is 7.14. The number of aromatic nitrogens is 4. The zero-order valence-electron chi connectivity index (χ0n) is 17.1. The maximum absolute atomic E-state index is 13.3. The zero-order valence-corrected chi connectivity index (χ0v) is 17.9. The number of piperidine rings is 1. The Morgan fingerprint density at radius 1 is 1.25 bits per heavy atom. The molecule has 0 bridgehead atoms. The van der Waals surface area contributed by atoms with Gasteiger partial charge in [-0.1, -0.05) is 0 Å². The molecule has 1 saturated heterocycles. The summed E-state index contributed by atoms with van der Waals surface area (Å²) in [4.78, 5) is 10.7. The normalized spacial score (nSPS) is 18.2. The van der Waals surface area contributed by atoms with Gasteiger partial charge in [0, 0.05) is 39.6 Å². The summed E-state index contributed by atoms with van der Waals surface area (Å²) in [6.07, 6.45) is 4.39. The Labute approximate surface area is 166 Å². The van der Waals surface area contributed by atoms with E-state index in [4.69, 9.17) is 4.74 Å². The molecule has 0 radical (unpaired) electrons. The van der Waals surface area contributed by atoms with Crippen molar-refractivity contribution in [2.24, 2.45) is 0 Å². The number of anilines is 1. The molecule has 3 rings (SSSR count). The minimum absolute atomic E-state index is 0.277. The fraction of sp³-hybridized carbons (Fsp3) is 0.611. The molecule has 0 aliphatic carbocycles. The van der Waals surface area contributed by atoms with Crippen LogP contribution in [0.2, 0.25) is 0 Å². The lowest BCUT2D eigenvalue weighted by Gasteiger charge is -2.32. The summed E-state index contributed by atoms with van der Waals surface area (Å²) in [6, 6.07) is 0. The van der Waals surface area contributed by atoms with Crippen molar-refractivity contribution < 1.29 is 13.2 Å². The van der Waals surface area contributed by atoms with Gasteiger partial charge in [0.2, 0.25) is 10.0 Å². The van der Waals surface area contributed by atoms with Crippen molar-refractivity contribution in [1.82, 2.24) is 24.1 Å². The number of hydrogen-bond donors (Lipinski definition) is 0. The van der Waals surface area contributed by atoms with Gasteiger partial charge in [0.15, 0.2) is 5.82 Å². The summed E-state index contributed by atoms with van der Waals surface area (Å²) in [7, 11) is 0.0923. The van der Waals surface area contributed by atoms with Gasteiger partial charge in [-0.2, -0.15) is 9.40 Å². The van der Waals surface area contributed by atoms with Crippen LogP contribution in [0, 0.1) is 13.8 Å². The van der Waals surface area contributed by atoms with E-state index in [1.807, 2.05) is 25.9 Å². The minimum Gasteiger partial charge on any atom is -0.470 e. The molecule has 154 valence electrons. The highest BCUT2D eigenvalue weighted by Gasteiger charge is 2.35. The van der Waals surface area contributed by atoms with Crippen molar-refractivity contribution >= 4 is 15.8 Å². The molecular weight excluding hydrogens is 380 g/mol. The molecule has 0 N–H and O–H groups in total. The van der Waals surface area contributed by atoms with E-state index in [9.17, 15) is 8.42 Å². The standard InChI is InChI=1S/C18H28N6O3S/c1-6-24-14(3)16(13(2)21-24)28(25,26)23-11-7-8-15(12-23)27-18-17(22(4)5)19-9-10-20-18/h9-10,15H,6-8,11-12H2,1-5H3. The van der Waals surface area contributed by atoms with Crippen molar-refractivity contribution in [2.75, 3.05) is 32.1 Å². The van der Waals surface area contributed by atoms with Gasteiger partial charge in [0.1, 0.15) is 11.0 Å². The molecule has 1 fully saturated rings. The average molecular weight is 409 g/mol. The summed E-state index contributed by atoms with van der Waals surface area (Å²) in [5, 5.41) is 4.36. The monoisotopic (exact) mass is 408 g/mol. The molecule has 1 aliphatic rings. The SMILES string of the molecule is CCn1nc(C)c(S(=O)(=O)N2CCCC(Oc3nccnc3N(C)C)C2)c1C. The highest BCUT2D eigenvalue weighted by Crippen LogP contribution is 2.28. The third kappa shape index (κ3) is 3.83. The van der Waals surface area contributed by atoms with E-state index in [0.29, 0.717) is 41.1 Å².